The van der Waals surface area contributed by atoms with Gasteiger partial charge in [0.25, 0.3) is 5.91 Å². The van der Waals surface area contributed by atoms with Crippen molar-refractivity contribution < 1.29 is 4.79 Å². The van der Waals surface area contributed by atoms with Crippen LogP contribution < -0.4 is 5.43 Å². The van der Waals surface area contributed by atoms with Crippen molar-refractivity contribution in [2.75, 3.05) is 0 Å². The van der Waals surface area contributed by atoms with Gasteiger partial charge in [-0.2, -0.15) is 10.2 Å². The Hall–Kier alpha value is -4.49. The number of amides is 1. The zero-order valence-electron chi connectivity index (χ0n) is 18.6. The fraction of sp³-hybridized carbons (Fsp3) is 0. The molecule has 0 saturated heterocycles. The minimum absolute atomic E-state index is 0.259. The maximum atomic E-state index is 12.8. The number of H-pyrrole nitrogens is 1. The first kappa shape index (κ1) is 22.3. The number of fused-ring (bicyclic) bond motifs is 1. The van der Waals surface area contributed by atoms with Gasteiger partial charge in [-0.1, -0.05) is 60.3 Å². The topological polar surface area (TPSA) is 83.0 Å². The van der Waals surface area contributed by atoms with E-state index in [4.69, 9.17) is 0 Å². The molecule has 0 spiro atoms. The van der Waals surface area contributed by atoms with Gasteiger partial charge in [0.2, 0.25) is 0 Å². The van der Waals surface area contributed by atoms with Crippen molar-refractivity contribution >= 4 is 46.9 Å². The van der Waals surface area contributed by atoms with Crippen molar-refractivity contribution in [1.29, 1.82) is 0 Å². The third kappa shape index (κ3) is 5.54. The van der Waals surface area contributed by atoms with E-state index in [1.807, 2.05) is 97.1 Å². The highest BCUT2D eigenvalue weighted by atomic mass is 32.2. The number of hydrogen-bond acceptors (Lipinski definition) is 5. The zero-order valence-corrected chi connectivity index (χ0v) is 19.4. The molecule has 0 aliphatic carbocycles. The number of carbonyl (C=O) groups is 1. The van der Waals surface area contributed by atoms with Crippen molar-refractivity contribution in [1.82, 2.24) is 20.6 Å². The number of pyridine rings is 1. The monoisotopic (exact) mass is 475 g/mol. The minimum Gasteiger partial charge on any atom is -0.277 e. The fourth-order valence-electron chi connectivity index (χ4n) is 3.48. The summed E-state index contributed by atoms with van der Waals surface area (Å²) in [6.07, 6.45) is 7.27. The number of aromatic nitrogens is 3. The molecule has 0 fully saturated rings. The van der Waals surface area contributed by atoms with Gasteiger partial charge in [-0.25, -0.2) is 5.43 Å². The molecule has 0 aliphatic heterocycles. The van der Waals surface area contributed by atoms with Crippen LogP contribution in [0, 0.1) is 0 Å². The number of rotatable bonds is 7. The summed E-state index contributed by atoms with van der Waals surface area (Å²) in [4.78, 5) is 18.9. The third-order valence-electron chi connectivity index (χ3n) is 5.20. The molecule has 0 saturated carbocycles. The van der Waals surface area contributed by atoms with Crippen LogP contribution in [-0.2, 0) is 0 Å². The Morgan fingerprint density at radius 2 is 1.74 bits per heavy atom. The van der Waals surface area contributed by atoms with Crippen LogP contribution >= 0.6 is 11.8 Å². The minimum atomic E-state index is -0.259. The molecule has 5 aromatic rings. The fourth-order valence-corrected chi connectivity index (χ4v) is 4.47. The number of nitrogens with one attached hydrogen (secondary N) is 2. The predicted molar refractivity (Wildman–Crippen MR) is 141 cm³/mol. The molecule has 2 heterocycles. The first-order valence-electron chi connectivity index (χ1n) is 11.0. The van der Waals surface area contributed by atoms with Gasteiger partial charge in [0.15, 0.2) is 0 Å². The molecule has 170 valence electrons. The second-order valence-electron chi connectivity index (χ2n) is 7.61. The number of hydrazone groups is 1. The Morgan fingerprint density at radius 3 is 2.60 bits per heavy atom. The van der Waals surface area contributed by atoms with E-state index in [0.29, 0.717) is 5.56 Å². The molecule has 2 N–H and O–H groups in total. The largest absolute Gasteiger partial charge is 0.277 e. The molecule has 0 radical (unpaired) electrons. The Bertz CT molecular complexity index is 1510. The van der Waals surface area contributed by atoms with Crippen molar-refractivity contribution in [3.63, 3.8) is 0 Å². The second-order valence-corrected chi connectivity index (χ2v) is 8.73. The van der Waals surface area contributed by atoms with E-state index in [9.17, 15) is 4.79 Å². The Balaban J connectivity index is 1.31. The Morgan fingerprint density at radius 1 is 0.914 bits per heavy atom. The molecule has 0 aliphatic rings. The molecule has 35 heavy (non-hydrogen) atoms. The van der Waals surface area contributed by atoms with Crippen molar-refractivity contribution in [2.45, 2.75) is 9.79 Å². The summed E-state index contributed by atoms with van der Waals surface area (Å²) in [6.45, 7) is 0. The van der Waals surface area contributed by atoms with E-state index >= 15 is 0 Å². The van der Waals surface area contributed by atoms with E-state index in [1.165, 1.54) is 11.8 Å². The van der Waals surface area contributed by atoms with Crippen LogP contribution in [0.25, 0.3) is 23.1 Å². The molecule has 0 atom stereocenters. The average molecular weight is 476 g/mol. The molecule has 1 amide bonds. The van der Waals surface area contributed by atoms with Crippen LogP contribution in [0.2, 0.25) is 0 Å². The lowest BCUT2D eigenvalue weighted by atomic mass is 10.2. The molecule has 2 aromatic heterocycles. The molecule has 0 bridgehead atoms. The lowest BCUT2D eigenvalue weighted by molar-refractivity contribution is 0.0952. The zero-order chi connectivity index (χ0) is 23.9. The lowest BCUT2D eigenvalue weighted by Crippen LogP contribution is -2.18. The summed E-state index contributed by atoms with van der Waals surface area (Å²) >= 11 is 1.52. The van der Waals surface area contributed by atoms with Crippen molar-refractivity contribution in [2.24, 2.45) is 5.10 Å². The van der Waals surface area contributed by atoms with Crippen LogP contribution in [0.1, 0.15) is 27.3 Å². The third-order valence-corrected chi connectivity index (χ3v) is 6.27. The molecular formula is C28H21N5OS. The maximum absolute atomic E-state index is 12.8. The average Bonchev–Trinajstić information content (AvgIpc) is 3.31. The van der Waals surface area contributed by atoms with Gasteiger partial charge in [-0.3, -0.25) is 14.9 Å². The first-order chi connectivity index (χ1) is 17.3. The van der Waals surface area contributed by atoms with Crippen molar-refractivity contribution in [3.05, 3.63) is 120 Å². The lowest BCUT2D eigenvalue weighted by Gasteiger charge is -2.08. The van der Waals surface area contributed by atoms with Crippen LogP contribution in [0.3, 0.4) is 0 Å². The van der Waals surface area contributed by atoms with Gasteiger partial charge < -0.3 is 0 Å². The highest BCUT2D eigenvalue weighted by molar-refractivity contribution is 7.99. The standard InChI is InChI=1S/C28H21N5OS/c34-28(33-30-19-20-8-2-1-3-9-20)24-11-4-5-12-27(24)35-22-14-15-23-25(31-32-26(23)18-22)16-13-21-10-6-7-17-29-21/h1-19H,(H,31,32)(H,33,34). The summed E-state index contributed by atoms with van der Waals surface area (Å²) in [5, 5.41) is 12.6. The van der Waals surface area contributed by atoms with E-state index in [1.54, 1.807) is 18.5 Å². The Kier molecular flexibility index (Phi) is 6.77. The molecular weight excluding hydrogens is 454 g/mol. The van der Waals surface area contributed by atoms with Gasteiger partial charge in [0.1, 0.15) is 0 Å². The van der Waals surface area contributed by atoms with E-state index in [2.05, 4.69) is 25.7 Å². The second kappa shape index (κ2) is 10.6. The van der Waals surface area contributed by atoms with Crippen LogP contribution in [0.5, 0.6) is 0 Å². The van der Waals surface area contributed by atoms with Gasteiger partial charge in [0.05, 0.1) is 28.7 Å². The predicted octanol–water partition coefficient (Wildman–Crippen LogP) is 6.04. The molecule has 5 rings (SSSR count). The summed E-state index contributed by atoms with van der Waals surface area (Å²) in [7, 11) is 0. The number of hydrogen-bond donors (Lipinski definition) is 2. The van der Waals surface area contributed by atoms with Gasteiger partial charge in [-0.05, 0) is 60.2 Å². The van der Waals surface area contributed by atoms with E-state index in [-0.39, 0.29) is 5.91 Å². The normalized spacial score (nSPS) is 11.4. The summed E-state index contributed by atoms with van der Waals surface area (Å²) in [6, 6.07) is 29.0. The summed E-state index contributed by atoms with van der Waals surface area (Å²) in [5.74, 6) is -0.259. The first-order valence-corrected chi connectivity index (χ1v) is 11.8. The van der Waals surface area contributed by atoms with Gasteiger partial charge in [0, 0.05) is 21.4 Å². The van der Waals surface area contributed by atoms with E-state index in [0.717, 1.165) is 37.6 Å². The van der Waals surface area contributed by atoms with Crippen molar-refractivity contribution in [3.8, 4) is 0 Å². The Labute approximate surface area is 206 Å². The van der Waals surface area contributed by atoms with Gasteiger partial charge >= 0.3 is 0 Å². The van der Waals surface area contributed by atoms with Crippen LogP contribution in [-0.4, -0.2) is 27.3 Å². The molecule has 3 aromatic carbocycles. The molecule has 7 heteroatoms. The van der Waals surface area contributed by atoms with Gasteiger partial charge in [-0.15, -0.1) is 0 Å². The maximum Gasteiger partial charge on any atom is 0.272 e. The quantitative estimate of drug-likeness (QED) is 0.222. The smallest absolute Gasteiger partial charge is 0.272 e. The molecule has 6 nitrogen and oxygen atoms in total. The number of carbonyl (C=O) groups excluding carboxylic acids is 1. The summed E-state index contributed by atoms with van der Waals surface area (Å²) in [5.41, 5.74) is 6.74. The van der Waals surface area contributed by atoms with E-state index < -0.39 is 0 Å². The number of nitrogens with zero attached hydrogens (tertiary/aromatic N) is 3. The van der Waals surface area contributed by atoms with Crippen LogP contribution in [0.15, 0.2) is 112 Å². The number of benzene rings is 3. The highest BCUT2D eigenvalue weighted by Gasteiger charge is 2.12. The summed E-state index contributed by atoms with van der Waals surface area (Å²) < 4.78 is 0. The SMILES string of the molecule is O=C(NN=Cc1ccccc1)c1ccccc1Sc1ccc2c(C=Cc3ccccn3)n[nH]c2c1. The molecule has 0 unspecified atom stereocenters. The highest BCUT2D eigenvalue weighted by Crippen LogP contribution is 2.32. The van der Waals surface area contributed by atoms with Crippen LogP contribution in [0.4, 0.5) is 0 Å². The number of aromatic amines is 1.